The first-order valence-corrected chi connectivity index (χ1v) is 8.40. The van der Waals surface area contributed by atoms with Crippen molar-refractivity contribution in [3.8, 4) is 0 Å². The predicted molar refractivity (Wildman–Crippen MR) is 106 cm³/mol. The molecule has 1 N–H and O–H groups in total. The number of aromatic nitrogens is 3. The van der Waals surface area contributed by atoms with Gasteiger partial charge in [-0.25, -0.2) is 9.78 Å². The van der Waals surface area contributed by atoms with Crippen molar-refractivity contribution in [3.05, 3.63) is 74.1 Å². The standard InChI is InChI=1S/C20H20N4O3/c1-12-5-6-14(13(2)9-12)7-8-17(25)22-15-10-16-18(21-11-15)23(3)20(27)24(4)19(16)26/h5-11H,1-4H3,(H,22,25)/b8-7+. The summed E-state index contributed by atoms with van der Waals surface area (Å²) in [4.78, 5) is 40.6. The molecule has 2 heterocycles. The van der Waals surface area contributed by atoms with Gasteiger partial charge in [-0.15, -0.1) is 0 Å². The lowest BCUT2D eigenvalue weighted by Crippen LogP contribution is -2.37. The minimum Gasteiger partial charge on any atom is -0.321 e. The first-order valence-electron chi connectivity index (χ1n) is 8.40. The van der Waals surface area contributed by atoms with Gasteiger partial charge in [-0.05, 0) is 37.1 Å². The number of anilines is 1. The molecule has 0 aliphatic rings. The topological polar surface area (TPSA) is 86.0 Å². The number of rotatable bonds is 3. The molecule has 0 spiro atoms. The normalized spacial score (nSPS) is 11.3. The number of aryl methyl sites for hydroxylation is 3. The summed E-state index contributed by atoms with van der Waals surface area (Å²) >= 11 is 0. The summed E-state index contributed by atoms with van der Waals surface area (Å²) in [5.74, 6) is -0.335. The van der Waals surface area contributed by atoms with Crippen LogP contribution in [0.3, 0.4) is 0 Å². The van der Waals surface area contributed by atoms with Crippen LogP contribution in [0.4, 0.5) is 5.69 Å². The van der Waals surface area contributed by atoms with Gasteiger partial charge in [0, 0.05) is 20.2 Å². The third-order valence-electron chi connectivity index (χ3n) is 4.40. The molecule has 3 rings (SSSR count). The van der Waals surface area contributed by atoms with Crippen LogP contribution in [0.1, 0.15) is 16.7 Å². The quantitative estimate of drug-likeness (QED) is 0.719. The number of nitrogens with zero attached hydrogens (tertiary/aromatic N) is 3. The molecule has 7 nitrogen and oxygen atoms in total. The molecule has 0 aliphatic carbocycles. The zero-order valence-electron chi connectivity index (χ0n) is 15.6. The van der Waals surface area contributed by atoms with E-state index in [0.717, 1.165) is 21.3 Å². The van der Waals surface area contributed by atoms with Crippen LogP contribution in [0, 0.1) is 13.8 Å². The number of hydrogen-bond acceptors (Lipinski definition) is 4. The molecule has 7 heteroatoms. The summed E-state index contributed by atoms with van der Waals surface area (Å²) in [5.41, 5.74) is 2.94. The lowest BCUT2D eigenvalue weighted by atomic mass is 10.1. The van der Waals surface area contributed by atoms with Gasteiger partial charge in [0.05, 0.1) is 17.3 Å². The Labute approximate surface area is 155 Å². The van der Waals surface area contributed by atoms with Crippen molar-refractivity contribution in [2.24, 2.45) is 14.1 Å². The van der Waals surface area contributed by atoms with Crippen molar-refractivity contribution >= 4 is 28.7 Å². The predicted octanol–water partition coefficient (Wildman–Crippen LogP) is 1.90. The highest BCUT2D eigenvalue weighted by atomic mass is 16.2. The number of carbonyl (C=O) groups excluding carboxylic acids is 1. The van der Waals surface area contributed by atoms with E-state index in [1.165, 1.54) is 30.0 Å². The fourth-order valence-electron chi connectivity index (χ4n) is 2.90. The summed E-state index contributed by atoms with van der Waals surface area (Å²) in [5, 5.41) is 2.95. The molecule has 3 aromatic rings. The van der Waals surface area contributed by atoms with Crippen molar-refractivity contribution in [2.45, 2.75) is 13.8 Å². The molecular weight excluding hydrogens is 344 g/mol. The smallest absolute Gasteiger partial charge is 0.321 e. The van der Waals surface area contributed by atoms with Crippen molar-refractivity contribution in [3.63, 3.8) is 0 Å². The Hall–Kier alpha value is -3.48. The van der Waals surface area contributed by atoms with Gasteiger partial charge in [0.1, 0.15) is 5.65 Å². The number of nitrogens with one attached hydrogen (secondary N) is 1. The van der Waals surface area contributed by atoms with Crippen molar-refractivity contribution in [1.82, 2.24) is 14.1 Å². The van der Waals surface area contributed by atoms with E-state index in [-0.39, 0.29) is 16.9 Å². The van der Waals surface area contributed by atoms with Gasteiger partial charge in [-0.1, -0.05) is 23.8 Å². The van der Waals surface area contributed by atoms with E-state index < -0.39 is 11.2 Å². The zero-order chi connectivity index (χ0) is 19.7. The minimum atomic E-state index is -0.456. The number of amides is 1. The van der Waals surface area contributed by atoms with Crippen LogP contribution in [-0.4, -0.2) is 20.0 Å². The molecule has 0 saturated carbocycles. The number of carbonyl (C=O) groups is 1. The van der Waals surface area contributed by atoms with E-state index in [1.54, 1.807) is 13.1 Å². The van der Waals surface area contributed by atoms with Crippen molar-refractivity contribution < 1.29 is 4.79 Å². The first kappa shape index (κ1) is 18.3. The van der Waals surface area contributed by atoms with E-state index >= 15 is 0 Å². The summed E-state index contributed by atoms with van der Waals surface area (Å²) in [6, 6.07) is 7.51. The molecule has 2 aromatic heterocycles. The molecule has 0 radical (unpaired) electrons. The molecule has 1 amide bonds. The van der Waals surface area contributed by atoms with E-state index in [0.29, 0.717) is 5.69 Å². The average molecular weight is 364 g/mol. The highest BCUT2D eigenvalue weighted by Crippen LogP contribution is 2.14. The molecule has 1 aromatic carbocycles. The Morgan fingerprint density at radius 2 is 1.85 bits per heavy atom. The maximum atomic E-state index is 12.3. The molecule has 0 fully saturated rings. The van der Waals surface area contributed by atoms with Gasteiger partial charge >= 0.3 is 5.69 Å². The Balaban J connectivity index is 1.88. The fraction of sp³-hybridized carbons (Fsp3) is 0.200. The van der Waals surface area contributed by atoms with Crippen molar-refractivity contribution in [1.29, 1.82) is 0 Å². The van der Waals surface area contributed by atoms with E-state index in [2.05, 4.69) is 10.3 Å². The Bertz CT molecular complexity index is 1200. The highest BCUT2D eigenvalue weighted by molar-refractivity contribution is 6.02. The maximum Gasteiger partial charge on any atom is 0.332 e. The Kier molecular flexibility index (Phi) is 4.77. The van der Waals surface area contributed by atoms with Gasteiger partial charge in [0.25, 0.3) is 5.56 Å². The number of hydrogen-bond donors (Lipinski definition) is 1. The fourth-order valence-corrected chi connectivity index (χ4v) is 2.90. The van der Waals surface area contributed by atoms with Crippen LogP contribution in [0.5, 0.6) is 0 Å². The average Bonchev–Trinajstić information content (AvgIpc) is 2.64. The van der Waals surface area contributed by atoms with E-state index in [1.807, 2.05) is 32.0 Å². The monoisotopic (exact) mass is 364 g/mol. The number of pyridine rings is 1. The van der Waals surface area contributed by atoms with Gasteiger partial charge in [0.15, 0.2) is 0 Å². The minimum absolute atomic E-state index is 0.260. The molecule has 138 valence electrons. The molecule has 27 heavy (non-hydrogen) atoms. The van der Waals surface area contributed by atoms with Crippen molar-refractivity contribution in [2.75, 3.05) is 5.32 Å². The van der Waals surface area contributed by atoms with Gasteiger partial charge in [-0.3, -0.25) is 18.7 Å². The van der Waals surface area contributed by atoms with Crippen LogP contribution < -0.4 is 16.6 Å². The van der Waals surface area contributed by atoms with Gasteiger partial charge in [-0.2, -0.15) is 0 Å². The van der Waals surface area contributed by atoms with E-state index in [9.17, 15) is 14.4 Å². The van der Waals surface area contributed by atoms with E-state index in [4.69, 9.17) is 0 Å². The van der Waals surface area contributed by atoms with Crippen LogP contribution in [0.15, 0.2) is 46.1 Å². The summed E-state index contributed by atoms with van der Waals surface area (Å²) in [7, 11) is 2.95. The van der Waals surface area contributed by atoms with Crippen LogP contribution in [0.2, 0.25) is 0 Å². The second-order valence-electron chi connectivity index (χ2n) is 6.48. The summed E-state index contributed by atoms with van der Waals surface area (Å²) in [6.45, 7) is 4.00. The molecule has 0 saturated heterocycles. The molecule has 0 atom stereocenters. The van der Waals surface area contributed by atoms with Crippen LogP contribution >= 0.6 is 0 Å². The molecule has 0 bridgehead atoms. The first-order chi connectivity index (χ1) is 12.8. The lowest BCUT2D eigenvalue weighted by molar-refractivity contribution is -0.111. The number of benzene rings is 1. The lowest BCUT2D eigenvalue weighted by Gasteiger charge is -2.08. The molecular formula is C20H20N4O3. The second kappa shape index (κ2) is 7.03. The van der Waals surface area contributed by atoms with Crippen LogP contribution in [-0.2, 0) is 18.9 Å². The summed E-state index contributed by atoms with van der Waals surface area (Å²) < 4.78 is 2.30. The maximum absolute atomic E-state index is 12.3. The Morgan fingerprint density at radius 3 is 2.56 bits per heavy atom. The second-order valence-corrected chi connectivity index (χ2v) is 6.48. The van der Waals surface area contributed by atoms with Gasteiger partial charge < -0.3 is 5.32 Å². The highest BCUT2D eigenvalue weighted by Gasteiger charge is 2.10. The Morgan fingerprint density at radius 1 is 1.11 bits per heavy atom. The number of fused-ring (bicyclic) bond motifs is 1. The largest absolute Gasteiger partial charge is 0.332 e. The third kappa shape index (κ3) is 3.57. The van der Waals surface area contributed by atoms with Gasteiger partial charge in [0.2, 0.25) is 5.91 Å². The SMILES string of the molecule is Cc1ccc(/C=C/C(=O)Nc2cnc3c(c2)c(=O)n(C)c(=O)n3C)c(C)c1. The summed E-state index contributed by atoms with van der Waals surface area (Å²) in [6.07, 6.45) is 4.59. The third-order valence-corrected chi connectivity index (χ3v) is 4.40. The molecule has 0 aliphatic heterocycles. The van der Waals surface area contributed by atoms with Crippen LogP contribution in [0.25, 0.3) is 17.1 Å². The molecule has 0 unspecified atom stereocenters. The zero-order valence-corrected chi connectivity index (χ0v) is 15.6.